The van der Waals surface area contributed by atoms with Crippen LogP contribution in [0.4, 0.5) is 10.1 Å². The van der Waals surface area contributed by atoms with E-state index in [9.17, 15) is 14.0 Å². The highest BCUT2D eigenvalue weighted by Gasteiger charge is 2.19. The second-order valence-electron chi connectivity index (χ2n) is 4.30. The number of nitrogen functional groups attached to an aromatic ring is 1. The molecule has 0 aliphatic rings. The largest absolute Gasteiger partial charge is 0.465 e. The van der Waals surface area contributed by atoms with E-state index in [1.54, 1.807) is 6.92 Å². The maximum atomic E-state index is 13.3. The van der Waals surface area contributed by atoms with Crippen molar-refractivity contribution in [2.75, 3.05) is 25.4 Å². The summed E-state index contributed by atoms with van der Waals surface area (Å²) < 4.78 is 18.1. The van der Waals surface area contributed by atoms with Gasteiger partial charge >= 0.3 is 5.97 Å². The summed E-state index contributed by atoms with van der Waals surface area (Å²) in [7, 11) is 0. The Balaban J connectivity index is 2.89. The van der Waals surface area contributed by atoms with Crippen molar-refractivity contribution in [2.45, 2.75) is 20.3 Å². The van der Waals surface area contributed by atoms with Gasteiger partial charge in [-0.05, 0) is 31.5 Å². The van der Waals surface area contributed by atoms with E-state index in [0.717, 1.165) is 12.1 Å². The maximum absolute atomic E-state index is 13.3. The third-order valence-electron chi connectivity index (χ3n) is 2.57. The van der Waals surface area contributed by atoms with Crippen LogP contribution in [0.25, 0.3) is 0 Å². The number of ether oxygens (including phenoxy) is 1. The van der Waals surface area contributed by atoms with E-state index < -0.39 is 17.7 Å². The Morgan fingerprint density at radius 2 is 2.00 bits per heavy atom. The number of rotatable bonds is 6. The fourth-order valence-corrected chi connectivity index (χ4v) is 1.80. The molecule has 0 unspecified atom stereocenters. The molecule has 20 heavy (non-hydrogen) atoms. The molecule has 5 nitrogen and oxygen atoms in total. The molecule has 0 saturated heterocycles. The number of halogens is 1. The topological polar surface area (TPSA) is 72.6 Å². The Morgan fingerprint density at radius 1 is 1.30 bits per heavy atom. The lowest BCUT2D eigenvalue weighted by Gasteiger charge is -2.21. The summed E-state index contributed by atoms with van der Waals surface area (Å²) in [6, 6.07) is 3.62. The van der Waals surface area contributed by atoms with Gasteiger partial charge in [0.25, 0.3) is 5.91 Å². The maximum Gasteiger partial charge on any atom is 0.325 e. The lowest BCUT2D eigenvalue weighted by molar-refractivity contribution is -0.143. The first kappa shape index (κ1) is 15.9. The number of nitrogens with zero attached hydrogens (tertiary/aromatic N) is 1. The van der Waals surface area contributed by atoms with E-state index >= 15 is 0 Å². The predicted octanol–water partition coefficient (Wildman–Crippen LogP) is 1.82. The number of carbonyl (C=O) groups is 2. The van der Waals surface area contributed by atoms with E-state index in [0.29, 0.717) is 13.0 Å². The minimum absolute atomic E-state index is 0.125. The predicted molar refractivity (Wildman–Crippen MR) is 73.6 cm³/mol. The standard InChI is InChI=1S/C14H19FN2O3/c1-3-5-17(9-13(18)20-4-2)14(19)10-6-11(15)8-12(16)7-10/h6-8H,3-5,9,16H2,1-2H3. The summed E-state index contributed by atoms with van der Waals surface area (Å²) in [4.78, 5) is 25.1. The second kappa shape index (κ2) is 7.47. The van der Waals surface area contributed by atoms with Crippen LogP contribution in [0.3, 0.4) is 0 Å². The van der Waals surface area contributed by atoms with Crippen LogP contribution in [-0.4, -0.2) is 36.5 Å². The number of hydrogen-bond donors (Lipinski definition) is 1. The summed E-state index contributed by atoms with van der Waals surface area (Å²) in [6.07, 6.45) is 0.677. The molecule has 0 atom stereocenters. The number of amides is 1. The van der Waals surface area contributed by atoms with Gasteiger partial charge in [-0.25, -0.2) is 4.39 Å². The van der Waals surface area contributed by atoms with Crippen LogP contribution in [0.1, 0.15) is 30.6 Å². The van der Waals surface area contributed by atoms with Crippen molar-refractivity contribution in [3.8, 4) is 0 Å². The van der Waals surface area contributed by atoms with Crippen LogP contribution in [0, 0.1) is 5.82 Å². The Morgan fingerprint density at radius 3 is 2.55 bits per heavy atom. The Labute approximate surface area is 117 Å². The lowest BCUT2D eigenvalue weighted by Crippen LogP contribution is -2.37. The summed E-state index contributed by atoms with van der Waals surface area (Å²) in [5.74, 6) is -1.51. The first-order chi connectivity index (χ1) is 9.47. The molecule has 110 valence electrons. The molecule has 0 spiro atoms. The summed E-state index contributed by atoms with van der Waals surface area (Å²) in [5.41, 5.74) is 5.81. The quantitative estimate of drug-likeness (QED) is 0.638. The molecule has 1 amide bonds. The van der Waals surface area contributed by atoms with Crippen molar-refractivity contribution < 1.29 is 18.7 Å². The minimum Gasteiger partial charge on any atom is -0.465 e. The van der Waals surface area contributed by atoms with E-state index in [4.69, 9.17) is 10.5 Å². The zero-order valence-electron chi connectivity index (χ0n) is 11.7. The minimum atomic E-state index is -0.582. The molecule has 0 aromatic heterocycles. The number of carbonyl (C=O) groups excluding carboxylic acids is 2. The van der Waals surface area contributed by atoms with Crippen molar-refractivity contribution >= 4 is 17.6 Å². The lowest BCUT2D eigenvalue weighted by atomic mass is 10.1. The first-order valence-corrected chi connectivity index (χ1v) is 6.48. The third kappa shape index (κ3) is 4.53. The fourth-order valence-electron chi connectivity index (χ4n) is 1.80. The highest BCUT2D eigenvalue weighted by atomic mass is 19.1. The normalized spacial score (nSPS) is 10.2. The van der Waals surface area contributed by atoms with Gasteiger partial charge in [-0.1, -0.05) is 6.92 Å². The molecule has 0 aliphatic heterocycles. The molecule has 0 radical (unpaired) electrons. The van der Waals surface area contributed by atoms with Gasteiger partial charge in [0.1, 0.15) is 12.4 Å². The molecule has 1 aromatic rings. The number of anilines is 1. The van der Waals surface area contributed by atoms with Crippen molar-refractivity contribution in [2.24, 2.45) is 0 Å². The van der Waals surface area contributed by atoms with Crippen LogP contribution < -0.4 is 5.73 Å². The molecular weight excluding hydrogens is 263 g/mol. The van der Waals surface area contributed by atoms with Gasteiger partial charge in [-0.2, -0.15) is 0 Å². The summed E-state index contributed by atoms with van der Waals surface area (Å²) in [5, 5.41) is 0. The Bertz CT molecular complexity index is 471. The molecule has 0 saturated carbocycles. The highest BCUT2D eigenvalue weighted by molar-refractivity contribution is 5.96. The van der Waals surface area contributed by atoms with Crippen LogP contribution in [0.15, 0.2) is 18.2 Å². The van der Waals surface area contributed by atoms with E-state index in [1.807, 2.05) is 6.92 Å². The van der Waals surface area contributed by atoms with Crippen molar-refractivity contribution in [3.63, 3.8) is 0 Å². The van der Waals surface area contributed by atoms with Gasteiger partial charge in [-0.3, -0.25) is 9.59 Å². The highest BCUT2D eigenvalue weighted by Crippen LogP contribution is 2.13. The number of nitrogens with two attached hydrogens (primary N) is 1. The van der Waals surface area contributed by atoms with Gasteiger partial charge in [-0.15, -0.1) is 0 Å². The average molecular weight is 282 g/mol. The molecule has 1 rings (SSSR count). The van der Waals surface area contributed by atoms with E-state index in [1.165, 1.54) is 11.0 Å². The number of hydrogen-bond acceptors (Lipinski definition) is 4. The molecular formula is C14H19FN2O3. The monoisotopic (exact) mass is 282 g/mol. The molecule has 1 aromatic carbocycles. The fraction of sp³-hybridized carbons (Fsp3) is 0.429. The van der Waals surface area contributed by atoms with Gasteiger partial charge in [0.15, 0.2) is 0 Å². The van der Waals surface area contributed by atoms with Crippen LogP contribution in [0.5, 0.6) is 0 Å². The summed E-state index contributed by atoms with van der Waals surface area (Å²) >= 11 is 0. The van der Waals surface area contributed by atoms with Gasteiger partial charge in [0.05, 0.1) is 6.61 Å². The number of esters is 1. The molecule has 0 aliphatic carbocycles. The number of benzene rings is 1. The van der Waals surface area contributed by atoms with Crippen molar-refractivity contribution in [1.82, 2.24) is 4.90 Å². The molecule has 0 bridgehead atoms. The van der Waals surface area contributed by atoms with Crippen LogP contribution in [0.2, 0.25) is 0 Å². The Hall–Kier alpha value is -2.11. The van der Waals surface area contributed by atoms with Crippen molar-refractivity contribution in [1.29, 1.82) is 0 Å². The molecule has 6 heteroatoms. The van der Waals surface area contributed by atoms with Crippen LogP contribution in [-0.2, 0) is 9.53 Å². The molecule has 2 N–H and O–H groups in total. The first-order valence-electron chi connectivity index (χ1n) is 6.48. The zero-order chi connectivity index (χ0) is 15.1. The third-order valence-corrected chi connectivity index (χ3v) is 2.57. The van der Waals surface area contributed by atoms with E-state index in [-0.39, 0.29) is 24.4 Å². The van der Waals surface area contributed by atoms with Crippen molar-refractivity contribution in [3.05, 3.63) is 29.6 Å². The average Bonchev–Trinajstić information content (AvgIpc) is 2.36. The summed E-state index contributed by atoms with van der Waals surface area (Å²) in [6.45, 7) is 4.05. The van der Waals surface area contributed by atoms with Gasteiger partial charge < -0.3 is 15.4 Å². The second-order valence-corrected chi connectivity index (χ2v) is 4.30. The van der Waals surface area contributed by atoms with Gasteiger partial charge in [0, 0.05) is 17.8 Å². The zero-order valence-corrected chi connectivity index (χ0v) is 11.7. The van der Waals surface area contributed by atoms with Crippen LogP contribution >= 0.6 is 0 Å². The Kier molecular flexibility index (Phi) is 5.96. The SMILES string of the molecule is CCCN(CC(=O)OCC)C(=O)c1cc(N)cc(F)c1. The molecule has 0 heterocycles. The van der Waals surface area contributed by atoms with E-state index in [2.05, 4.69) is 0 Å². The molecule has 0 fully saturated rings. The van der Waals surface area contributed by atoms with Gasteiger partial charge in [0.2, 0.25) is 0 Å². The smallest absolute Gasteiger partial charge is 0.325 e.